The lowest BCUT2D eigenvalue weighted by atomic mass is 10.4. The van der Waals surface area contributed by atoms with Gasteiger partial charge >= 0.3 is 0 Å². The molecule has 4 nitrogen and oxygen atoms in total. The molecule has 0 spiro atoms. The summed E-state index contributed by atoms with van der Waals surface area (Å²) in [5.74, 6) is 0. The number of nitrogens with two attached hydrogens (primary N) is 1. The van der Waals surface area contributed by atoms with E-state index in [0.29, 0.717) is 19.8 Å². The van der Waals surface area contributed by atoms with Crippen molar-refractivity contribution in [2.75, 3.05) is 39.9 Å². The van der Waals surface area contributed by atoms with E-state index in [0.717, 1.165) is 0 Å². The maximum Gasteiger partial charge on any atom is 0.169 e. The fourth-order valence-electron chi connectivity index (χ4n) is 1.43. The maximum atomic E-state index is 5.29. The van der Waals surface area contributed by atoms with Crippen LogP contribution in [-0.4, -0.2) is 51.1 Å². The van der Waals surface area contributed by atoms with Crippen LogP contribution in [0, 0.1) is 0 Å². The SMILES string of the molecule is CCOC(CN)OCC.CN1CCCC1. The van der Waals surface area contributed by atoms with E-state index in [1.807, 2.05) is 13.8 Å². The van der Waals surface area contributed by atoms with Gasteiger partial charge < -0.3 is 20.1 Å². The Morgan fingerprint density at radius 3 is 1.80 bits per heavy atom. The van der Waals surface area contributed by atoms with Crippen molar-refractivity contribution in [3.8, 4) is 0 Å². The van der Waals surface area contributed by atoms with Crippen LogP contribution in [0.2, 0.25) is 0 Å². The first-order valence-corrected chi connectivity index (χ1v) is 5.86. The van der Waals surface area contributed by atoms with E-state index in [1.165, 1.54) is 25.9 Å². The van der Waals surface area contributed by atoms with Gasteiger partial charge in [-0.05, 0) is 46.8 Å². The number of likely N-dealkylation sites (tertiary alicyclic amines) is 1. The van der Waals surface area contributed by atoms with E-state index in [-0.39, 0.29) is 6.29 Å². The third-order valence-electron chi connectivity index (χ3n) is 2.23. The van der Waals surface area contributed by atoms with Crippen LogP contribution >= 0.6 is 0 Å². The molecule has 1 aliphatic heterocycles. The van der Waals surface area contributed by atoms with E-state index in [4.69, 9.17) is 15.2 Å². The lowest BCUT2D eigenvalue weighted by molar-refractivity contribution is -0.128. The molecule has 0 aromatic heterocycles. The van der Waals surface area contributed by atoms with E-state index in [1.54, 1.807) is 0 Å². The van der Waals surface area contributed by atoms with Gasteiger partial charge in [-0.15, -0.1) is 0 Å². The molecule has 1 aliphatic rings. The average Bonchev–Trinajstić information content (AvgIpc) is 2.70. The van der Waals surface area contributed by atoms with Crippen molar-refractivity contribution in [2.45, 2.75) is 33.0 Å². The molecule has 0 bridgehead atoms. The maximum absolute atomic E-state index is 5.29. The predicted molar refractivity (Wildman–Crippen MR) is 62.8 cm³/mol. The van der Waals surface area contributed by atoms with E-state index in [2.05, 4.69) is 11.9 Å². The van der Waals surface area contributed by atoms with Crippen LogP contribution in [0.25, 0.3) is 0 Å². The number of ether oxygens (including phenoxy) is 2. The average molecular weight is 218 g/mol. The number of hydrogen-bond donors (Lipinski definition) is 1. The molecule has 15 heavy (non-hydrogen) atoms. The van der Waals surface area contributed by atoms with Gasteiger partial charge in [0.2, 0.25) is 0 Å². The third-order valence-corrected chi connectivity index (χ3v) is 2.23. The minimum Gasteiger partial charge on any atom is -0.352 e. The smallest absolute Gasteiger partial charge is 0.169 e. The van der Waals surface area contributed by atoms with Gasteiger partial charge in [0.05, 0.1) is 0 Å². The molecular formula is C11H26N2O2. The Kier molecular flexibility index (Phi) is 10.3. The fourth-order valence-corrected chi connectivity index (χ4v) is 1.43. The van der Waals surface area contributed by atoms with Crippen molar-refractivity contribution in [3.05, 3.63) is 0 Å². The summed E-state index contributed by atoms with van der Waals surface area (Å²) in [7, 11) is 2.17. The van der Waals surface area contributed by atoms with Crippen molar-refractivity contribution >= 4 is 0 Å². The third kappa shape index (κ3) is 8.81. The van der Waals surface area contributed by atoms with Crippen molar-refractivity contribution < 1.29 is 9.47 Å². The second-order valence-electron chi connectivity index (χ2n) is 3.59. The summed E-state index contributed by atoms with van der Waals surface area (Å²) in [6.07, 6.45) is 2.62. The fraction of sp³-hybridized carbons (Fsp3) is 1.00. The Balaban J connectivity index is 0.000000280. The molecule has 2 N–H and O–H groups in total. The zero-order chi connectivity index (χ0) is 11.5. The lowest BCUT2D eigenvalue weighted by Crippen LogP contribution is -2.26. The molecule has 0 radical (unpaired) electrons. The first kappa shape index (κ1) is 14.8. The quantitative estimate of drug-likeness (QED) is 0.701. The van der Waals surface area contributed by atoms with Crippen molar-refractivity contribution in [1.82, 2.24) is 4.90 Å². The molecular weight excluding hydrogens is 192 g/mol. The predicted octanol–water partition coefficient (Wildman–Crippen LogP) is 1.06. The van der Waals surface area contributed by atoms with E-state index < -0.39 is 0 Å². The second-order valence-corrected chi connectivity index (χ2v) is 3.59. The molecule has 1 heterocycles. The summed E-state index contributed by atoms with van der Waals surface area (Å²) in [6, 6.07) is 0. The Hall–Kier alpha value is -0.160. The largest absolute Gasteiger partial charge is 0.352 e. The van der Waals surface area contributed by atoms with E-state index >= 15 is 0 Å². The van der Waals surface area contributed by atoms with Gasteiger partial charge in [0.1, 0.15) is 0 Å². The highest BCUT2D eigenvalue weighted by atomic mass is 16.7. The minimum absolute atomic E-state index is 0.208. The standard InChI is InChI=1S/C6H15NO2.C5H11N/c1-3-8-6(5-7)9-4-2;1-6-4-2-3-5-6/h6H,3-5,7H2,1-2H3;2-5H2,1H3. The Morgan fingerprint density at radius 1 is 1.13 bits per heavy atom. The highest BCUT2D eigenvalue weighted by Gasteiger charge is 2.03. The zero-order valence-electron chi connectivity index (χ0n) is 10.4. The molecule has 0 saturated carbocycles. The van der Waals surface area contributed by atoms with Crippen molar-refractivity contribution in [3.63, 3.8) is 0 Å². The van der Waals surface area contributed by atoms with Gasteiger partial charge in [-0.3, -0.25) is 0 Å². The molecule has 4 heteroatoms. The molecule has 1 fully saturated rings. The summed E-state index contributed by atoms with van der Waals surface area (Å²) in [5.41, 5.74) is 5.29. The number of nitrogens with zero attached hydrogens (tertiary/aromatic N) is 1. The van der Waals surface area contributed by atoms with Gasteiger partial charge in [0.25, 0.3) is 0 Å². The summed E-state index contributed by atoms with van der Waals surface area (Å²) >= 11 is 0. The lowest BCUT2D eigenvalue weighted by Gasteiger charge is -2.13. The van der Waals surface area contributed by atoms with Gasteiger partial charge in [0, 0.05) is 19.8 Å². The first-order valence-electron chi connectivity index (χ1n) is 5.86. The van der Waals surface area contributed by atoms with Crippen LogP contribution in [0.3, 0.4) is 0 Å². The van der Waals surface area contributed by atoms with Crippen LogP contribution in [0.4, 0.5) is 0 Å². The number of rotatable bonds is 5. The van der Waals surface area contributed by atoms with Crippen LogP contribution in [-0.2, 0) is 9.47 Å². The summed E-state index contributed by atoms with van der Waals surface area (Å²) in [6.45, 7) is 8.22. The molecule has 1 saturated heterocycles. The monoisotopic (exact) mass is 218 g/mol. The molecule has 0 amide bonds. The van der Waals surface area contributed by atoms with Crippen LogP contribution in [0.5, 0.6) is 0 Å². The molecule has 0 unspecified atom stereocenters. The zero-order valence-corrected chi connectivity index (χ0v) is 10.4. The van der Waals surface area contributed by atoms with E-state index in [9.17, 15) is 0 Å². The molecule has 0 aromatic rings. The molecule has 1 rings (SSSR count). The highest BCUT2D eigenvalue weighted by molar-refractivity contribution is 4.59. The molecule has 0 atom stereocenters. The van der Waals surface area contributed by atoms with Crippen molar-refractivity contribution in [2.24, 2.45) is 5.73 Å². The van der Waals surface area contributed by atoms with Crippen LogP contribution < -0.4 is 5.73 Å². The summed E-state index contributed by atoms with van der Waals surface area (Å²) in [5, 5.41) is 0. The van der Waals surface area contributed by atoms with Gasteiger partial charge in [-0.2, -0.15) is 0 Å². The Bertz CT molecular complexity index is 122. The highest BCUT2D eigenvalue weighted by Crippen LogP contribution is 2.02. The minimum atomic E-state index is -0.208. The van der Waals surface area contributed by atoms with Gasteiger partial charge in [-0.1, -0.05) is 0 Å². The normalized spacial score (nSPS) is 16.6. The van der Waals surface area contributed by atoms with Crippen molar-refractivity contribution in [1.29, 1.82) is 0 Å². The topological polar surface area (TPSA) is 47.7 Å². The molecule has 0 aromatic carbocycles. The summed E-state index contributed by atoms with van der Waals surface area (Å²) in [4.78, 5) is 2.36. The van der Waals surface area contributed by atoms with Gasteiger partial charge in [-0.25, -0.2) is 0 Å². The van der Waals surface area contributed by atoms with Gasteiger partial charge in [0.15, 0.2) is 6.29 Å². The van der Waals surface area contributed by atoms with Crippen LogP contribution in [0.15, 0.2) is 0 Å². The molecule has 0 aliphatic carbocycles. The summed E-state index contributed by atoms with van der Waals surface area (Å²) < 4.78 is 10.2. The molecule has 92 valence electrons. The Labute approximate surface area is 93.7 Å². The Morgan fingerprint density at radius 2 is 1.60 bits per heavy atom. The second kappa shape index (κ2) is 10.4. The number of hydrogen-bond acceptors (Lipinski definition) is 4. The van der Waals surface area contributed by atoms with Crippen LogP contribution in [0.1, 0.15) is 26.7 Å². The first-order chi connectivity index (χ1) is 7.24.